The van der Waals surface area contributed by atoms with E-state index < -0.39 is 152 Å². The summed E-state index contributed by atoms with van der Waals surface area (Å²) < 4.78 is 42.1. The number of alkyl halides is 6. The quantitative estimate of drug-likeness (QED) is 0.0990. The Morgan fingerprint density at radius 1 is 0.892 bits per heavy atom. The highest BCUT2D eigenvalue weighted by Crippen LogP contribution is 2.65. The van der Waals surface area contributed by atoms with E-state index in [1.807, 2.05) is 0 Å². The first-order chi connectivity index (χ1) is 29.7. The number of carbonyl (C=O) groups excluding carboxylic acids is 6. The van der Waals surface area contributed by atoms with E-state index in [1.165, 1.54) is 39.8 Å². The minimum absolute atomic E-state index is 0.0197. The first kappa shape index (κ1) is 53.1. The molecular weight excluding hydrogens is 987 g/mol. The lowest BCUT2D eigenvalue weighted by Gasteiger charge is -2.67. The maximum Gasteiger partial charge on any atom is 0.509 e. The zero-order chi connectivity index (χ0) is 49.0. The van der Waals surface area contributed by atoms with Gasteiger partial charge in [-0.2, -0.15) is 0 Å². The van der Waals surface area contributed by atoms with Gasteiger partial charge in [-0.25, -0.2) is 19.2 Å². The van der Waals surface area contributed by atoms with Crippen LogP contribution in [-0.2, 0) is 52.3 Å². The molecule has 1 aromatic carbocycles. The fourth-order valence-corrected chi connectivity index (χ4v) is 9.72. The molecule has 1 heterocycles. The maximum absolute atomic E-state index is 16.1. The van der Waals surface area contributed by atoms with Crippen LogP contribution in [0.2, 0.25) is 0 Å². The van der Waals surface area contributed by atoms with Gasteiger partial charge in [0.2, 0.25) is 7.59 Å². The third-order valence-corrected chi connectivity index (χ3v) is 13.5. The van der Waals surface area contributed by atoms with Crippen LogP contribution in [0.4, 0.5) is 9.59 Å². The van der Waals surface area contributed by atoms with Gasteiger partial charge in [-0.1, -0.05) is 122 Å². The summed E-state index contributed by atoms with van der Waals surface area (Å²) in [6.07, 6.45) is -14.7. The molecule has 0 spiro atoms. The first-order valence-electron chi connectivity index (χ1n) is 20.2. The average Bonchev–Trinajstić information content (AvgIpc) is 3.18. The van der Waals surface area contributed by atoms with Gasteiger partial charge >= 0.3 is 30.2 Å². The molecule has 23 heteroatoms. The number of benzene rings is 1. The number of Topliss-reactive ketones (excluding diaryl/α,β-unsaturated/α-hetero) is 1. The van der Waals surface area contributed by atoms with E-state index in [4.69, 9.17) is 113 Å². The highest BCUT2D eigenvalue weighted by Gasteiger charge is 2.79. The second kappa shape index (κ2) is 18.9. The lowest BCUT2D eigenvalue weighted by Crippen LogP contribution is -2.82. The SMILES string of the molecule is CC(=O)O[C@@]12CO[C@@H]1C[C@H](OC(=O)OCC(Cl)(Cl)Cl)[C@@]1(C)C(=O)[C@H](OC(=O)OCC(Cl)(Cl)Cl)C3=C(C)[C@@H](OC(=O)[C@H](O)[C@@H](N)C(C)(C)C)C[C@@](O)([C@@H](OC(=O)c4ccccc4)[C@H]21)C3(C)C. The van der Waals surface area contributed by atoms with Gasteiger partial charge in [0.05, 0.1) is 23.5 Å². The van der Waals surface area contributed by atoms with Crippen LogP contribution in [0.25, 0.3) is 0 Å². The number of carbonyl (C=O) groups is 6. The highest BCUT2D eigenvalue weighted by molar-refractivity contribution is 6.68. The van der Waals surface area contributed by atoms with Crippen molar-refractivity contribution in [2.24, 2.45) is 27.9 Å². The summed E-state index contributed by atoms with van der Waals surface area (Å²) in [5, 5.41) is 25.0. The van der Waals surface area contributed by atoms with Crippen molar-refractivity contribution in [2.45, 2.75) is 130 Å². The second-order valence-electron chi connectivity index (χ2n) is 18.4. The molecule has 3 fully saturated rings. The third kappa shape index (κ3) is 10.6. The molecule has 0 amide bonds. The molecule has 11 atom stereocenters. The molecule has 1 aromatic rings. The number of fused-ring (bicyclic) bond motifs is 5. The summed E-state index contributed by atoms with van der Waals surface area (Å²) in [6.45, 7) is 9.57. The number of nitrogens with two attached hydrogens (primary N) is 1. The molecule has 17 nitrogen and oxygen atoms in total. The van der Waals surface area contributed by atoms with Crippen molar-refractivity contribution in [1.82, 2.24) is 0 Å². The van der Waals surface area contributed by atoms with Crippen molar-refractivity contribution >= 4 is 106 Å². The van der Waals surface area contributed by atoms with Crippen LogP contribution in [-0.4, -0.2) is 127 Å². The van der Waals surface area contributed by atoms with Crippen LogP contribution in [0.5, 0.6) is 0 Å². The largest absolute Gasteiger partial charge is 0.509 e. The fourth-order valence-electron chi connectivity index (χ4n) is 9.39. The van der Waals surface area contributed by atoms with Gasteiger partial charge < -0.3 is 53.8 Å². The van der Waals surface area contributed by atoms with E-state index in [2.05, 4.69) is 0 Å². The molecule has 65 heavy (non-hydrogen) atoms. The molecule has 4 aliphatic rings. The molecule has 0 radical (unpaired) electrons. The minimum Gasteiger partial charge on any atom is -0.456 e. The standard InChI is InChI=1S/C42H51Cl6NO16/c1-19-22(61-33(54)26(51)29(49)36(3,4)5)15-40(57)31(64-32(53)21-12-10-9-11-13-21)28-38(8,30(52)27(25(19)37(40,6)7)63-35(56)60-18-42(46,47)48)23(62-34(55)59-17-41(43,44)45)14-24-39(28,16-58-24)65-20(2)50/h9-13,22-24,26-29,31,51,57H,14-18,49H2,1-8H3/t22-,23-,24+,26+,27+,28-,29+,31-,38+,39-,40+/m0/s1. The van der Waals surface area contributed by atoms with Crippen LogP contribution < -0.4 is 5.73 Å². The zero-order valence-corrected chi connectivity index (χ0v) is 41.0. The average molecular weight is 1040 g/mol. The number of ether oxygens (including phenoxy) is 8. The summed E-state index contributed by atoms with van der Waals surface area (Å²) in [6, 6.07) is 6.39. The number of hydrogen-bond acceptors (Lipinski definition) is 17. The van der Waals surface area contributed by atoms with Crippen molar-refractivity contribution in [3.63, 3.8) is 0 Å². The van der Waals surface area contributed by atoms with Gasteiger partial charge in [-0.05, 0) is 42.5 Å². The molecular formula is C42H51Cl6NO16. The molecule has 0 aromatic heterocycles. The molecule has 2 bridgehead atoms. The maximum atomic E-state index is 16.1. The third-order valence-electron chi connectivity index (χ3n) is 12.9. The number of halogens is 6. The Morgan fingerprint density at radius 3 is 1.94 bits per heavy atom. The number of aliphatic hydroxyl groups is 2. The Labute approximate surface area is 404 Å². The van der Waals surface area contributed by atoms with Crippen molar-refractivity contribution in [3.8, 4) is 0 Å². The van der Waals surface area contributed by atoms with Gasteiger partial charge in [0.25, 0.3) is 0 Å². The first-order valence-corrected chi connectivity index (χ1v) is 22.5. The smallest absolute Gasteiger partial charge is 0.456 e. The van der Waals surface area contributed by atoms with E-state index >= 15 is 4.79 Å². The molecule has 5 rings (SSSR count). The Hall–Kier alpha value is -2.84. The molecule has 2 saturated carbocycles. The molecule has 1 saturated heterocycles. The lowest BCUT2D eigenvalue weighted by atomic mass is 9.44. The fraction of sp³-hybridized carbons (Fsp3) is 0.667. The van der Waals surface area contributed by atoms with Crippen LogP contribution in [0, 0.1) is 22.2 Å². The van der Waals surface area contributed by atoms with Gasteiger partial charge in [-0.3, -0.25) is 9.59 Å². The van der Waals surface area contributed by atoms with E-state index in [0.717, 1.165) is 6.92 Å². The van der Waals surface area contributed by atoms with Gasteiger partial charge in [0, 0.05) is 31.2 Å². The topological polar surface area (TPSA) is 243 Å². The summed E-state index contributed by atoms with van der Waals surface area (Å²) in [7, 11) is 0. The summed E-state index contributed by atoms with van der Waals surface area (Å²) >= 11 is 35.1. The van der Waals surface area contributed by atoms with E-state index in [9.17, 15) is 34.2 Å². The number of ketones is 1. The summed E-state index contributed by atoms with van der Waals surface area (Å²) in [4.78, 5) is 84.7. The number of esters is 3. The van der Waals surface area contributed by atoms with E-state index in [1.54, 1.807) is 39.0 Å². The van der Waals surface area contributed by atoms with Crippen molar-refractivity contribution in [1.29, 1.82) is 0 Å². The number of hydrogen-bond donors (Lipinski definition) is 3. The monoisotopic (exact) mass is 1040 g/mol. The number of aliphatic hydroxyl groups excluding tert-OH is 1. The molecule has 0 unspecified atom stereocenters. The van der Waals surface area contributed by atoms with Crippen molar-refractivity contribution < 1.29 is 76.9 Å². The summed E-state index contributed by atoms with van der Waals surface area (Å²) in [5.41, 5.74) is -3.51. The molecule has 4 N–H and O–H groups in total. The van der Waals surface area contributed by atoms with Crippen LogP contribution in [0.3, 0.4) is 0 Å². The van der Waals surface area contributed by atoms with E-state index in [-0.39, 0.29) is 16.7 Å². The lowest BCUT2D eigenvalue weighted by molar-refractivity contribution is -0.346. The second-order valence-corrected chi connectivity index (χ2v) is 23.5. The Bertz CT molecular complexity index is 2070. The molecule has 3 aliphatic carbocycles. The minimum atomic E-state index is -2.56. The van der Waals surface area contributed by atoms with Crippen LogP contribution in [0.15, 0.2) is 41.5 Å². The van der Waals surface area contributed by atoms with Gasteiger partial charge in [-0.15, -0.1) is 0 Å². The predicted molar refractivity (Wildman–Crippen MR) is 233 cm³/mol. The highest BCUT2D eigenvalue weighted by atomic mass is 35.6. The molecule has 362 valence electrons. The van der Waals surface area contributed by atoms with Crippen LogP contribution in [0.1, 0.15) is 78.6 Å². The number of rotatable bonds is 10. The van der Waals surface area contributed by atoms with Crippen molar-refractivity contribution in [2.75, 3.05) is 19.8 Å². The zero-order valence-electron chi connectivity index (χ0n) is 36.5. The summed E-state index contributed by atoms with van der Waals surface area (Å²) in [5.74, 6) is -6.05. The van der Waals surface area contributed by atoms with Gasteiger partial charge in [0.15, 0.2) is 23.6 Å². The van der Waals surface area contributed by atoms with Crippen LogP contribution >= 0.6 is 69.6 Å². The van der Waals surface area contributed by atoms with Crippen molar-refractivity contribution in [3.05, 3.63) is 47.0 Å². The predicted octanol–water partition coefficient (Wildman–Crippen LogP) is 6.43. The van der Waals surface area contributed by atoms with Gasteiger partial charge in [0.1, 0.15) is 43.2 Å². The Kier molecular flexibility index (Phi) is 15.5. The Morgan fingerprint density at radius 2 is 1.45 bits per heavy atom. The normalized spacial score (nSPS) is 31.8. The van der Waals surface area contributed by atoms with E-state index in [0.29, 0.717) is 0 Å². The molecule has 1 aliphatic heterocycles. The Balaban J connectivity index is 1.85.